The van der Waals surface area contributed by atoms with Gasteiger partial charge < -0.3 is 9.47 Å². The summed E-state index contributed by atoms with van der Waals surface area (Å²) in [4.78, 5) is 18.7. The lowest BCUT2D eigenvalue weighted by Crippen LogP contribution is -2.54. The molecular weight excluding hydrogens is 276 g/mol. The number of aromatic nitrogens is 2. The number of imidazole rings is 1. The van der Waals surface area contributed by atoms with Gasteiger partial charge in [0, 0.05) is 13.6 Å². The van der Waals surface area contributed by atoms with Crippen molar-refractivity contribution in [2.45, 2.75) is 31.3 Å². The van der Waals surface area contributed by atoms with E-state index in [9.17, 15) is 4.79 Å². The molecule has 0 radical (unpaired) electrons. The Balaban J connectivity index is 2.02. The summed E-state index contributed by atoms with van der Waals surface area (Å²) >= 11 is 0. The molecule has 0 fully saturated rings. The van der Waals surface area contributed by atoms with Crippen molar-refractivity contribution in [2.75, 3.05) is 7.05 Å². The third-order valence-electron chi connectivity index (χ3n) is 5.04. The van der Waals surface area contributed by atoms with E-state index in [0.29, 0.717) is 12.0 Å². The van der Waals surface area contributed by atoms with Gasteiger partial charge in [0.2, 0.25) is 5.91 Å². The molecule has 1 aromatic carbocycles. The second kappa shape index (κ2) is 4.44. The zero-order valence-electron chi connectivity index (χ0n) is 12.4. The predicted molar refractivity (Wildman–Crippen MR) is 79.9 cm³/mol. The molecule has 2 aliphatic heterocycles. The quantitative estimate of drug-likeness (QED) is 0.744. The van der Waals surface area contributed by atoms with Crippen molar-refractivity contribution in [3.8, 4) is 6.07 Å². The third-order valence-corrected chi connectivity index (χ3v) is 5.04. The smallest absolute Gasteiger partial charge is 0.227 e. The summed E-state index contributed by atoms with van der Waals surface area (Å²) in [7, 11) is 1.88. The zero-order chi connectivity index (χ0) is 15.3. The molecule has 1 unspecified atom stereocenters. The van der Waals surface area contributed by atoms with Gasteiger partial charge in [-0.3, -0.25) is 4.79 Å². The largest absolute Gasteiger partial charge is 0.332 e. The van der Waals surface area contributed by atoms with Crippen LogP contribution < -0.4 is 0 Å². The van der Waals surface area contributed by atoms with Crippen molar-refractivity contribution in [3.05, 3.63) is 53.1 Å². The molecule has 1 spiro atoms. The summed E-state index contributed by atoms with van der Waals surface area (Å²) in [5, 5.41) is 9.12. The first-order chi connectivity index (χ1) is 10.7. The second-order valence-electron chi connectivity index (χ2n) is 6.05. The maximum absolute atomic E-state index is 12.6. The lowest BCUT2D eigenvalue weighted by molar-refractivity contribution is -0.136. The highest BCUT2D eigenvalue weighted by Crippen LogP contribution is 2.46. The van der Waals surface area contributed by atoms with Crippen molar-refractivity contribution in [2.24, 2.45) is 0 Å². The average molecular weight is 292 g/mol. The van der Waals surface area contributed by atoms with E-state index in [1.165, 1.54) is 0 Å². The van der Waals surface area contributed by atoms with Crippen LogP contribution in [0.1, 0.15) is 35.2 Å². The molecule has 1 atom stereocenters. The SMILES string of the molecule is CN1C(=O)Cc2cc(C#N)ccc2C12CCCn1cncc12. The van der Waals surface area contributed by atoms with Crippen molar-refractivity contribution < 1.29 is 4.79 Å². The van der Waals surface area contributed by atoms with Crippen LogP contribution >= 0.6 is 0 Å². The summed E-state index contributed by atoms with van der Waals surface area (Å²) in [6.45, 7) is 0.935. The normalized spacial score (nSPS) is 23.1. The molecule has 4 rings (SSSR count). The highest BCUT2D eigenvalue weighted by atomic mass is 16.2. The Kier molecular flexibility index (Phi) is 2.64. The fourth-order valence-electron chi connectivity index (χ4n) is 3.98. The Morgan fingerprint density at radius 3 is 3.09 bits per heavy atom. The molecule has 3 heterocycles. The predicted octanol–water partition coefficient (Wildman–Crippen LogP) is 1.81. The number of amides is 1. The van der Waals surface area contributed by atoms with Gasteiger partial charge in [0.05, 0.1) is 36.3 Å². The summed E-state index contributed by atoms with van der Waals surface area (Å²) in [5.74, 6) is 0.0947. The van der Waals surface area contributed by atoms with Gasteiger partial charge in [-0.25, -0.2) is 4.98 Å². The van der Waals surface area contributed by atoms with E-state index in [-0.39, 0.29) is 5.91 Å². The molecule has 5 heteroatoms. The lowest BCUT2D eigenvalue weighted by Gasteiger charge is -2.48. The second-order valence-corrected chi connectivity index (χ2v) is 6.05. The van der Waals surface area contributed by atoms with E-state index < -0.39 is 5.54 Å². The van der Waals surface area contributed by atoms with Crippen LogP contribution in [0.5, 0.6) is 0 Å². The zero-order valence-corrected chi connectivity index (χ0v) is 12.4. The fraction of sp³-hybridized carbons (Fsp3) is 0.353. The standard InChI is InChI=1S/C17H16N4O/c1-20-16(22)8-13-7-12(9-18)3-4-14(13)17(20)5-2-6-21-11-19-10-15(17)21/h3-4,7,10-11H,2,5-6,8H2,1H3. The number of carbonyl (C=O) groups excluding carboxylic acids is 1. The molecule has 2 aromatic rings. The van der Waals surface area contributed by atoms with E-state index in [1.54, 1.807) is 0 Å². The monoisotopic (exact) mass is 292 g/mol. The van der Waals surface area contributed by atoms with Crippen LogP contribution in [0.2, 0.25) is 0 Å². The Hall–Kier alpha value is -2.61. The first kappa shape index (κ1) is 13.1. The van der Waals surface area contributed by atoms with Crippen LogP contribution in [0.3, 0.4) is 0 Å². The first-order valence-corrected chi connectivity index (χ1v) is 7.47. The number of hydrogen-bond acceptors (Lipinski definition) is 3. The number of nitrogens with zero attached hydrogens (tertiary/aromatic N) is 4. The molecule has 5 nitrogen and oxygen atoms in total. The Bertz CT molecular complexity index is 816. The van der Waals surface area contributed by atoms with Crippen LogP contribution in [-0.4, -0.2) is 27.4 Å². The van der Waals surface area contributed by atoms with Crippen LogP contribution in [0.25, 0.3) is 0 Å². The number of nitriles is 1. The van der Waals surface area contributed by atoms with Gasteiger partial charge in [0.1, 0.15) is 5.54 Å². The number of aryl methyl sites for hydroxylation is 1. The lowest BCUT2D eigenvalue weighted by atomic mass is 9.73. The molecule has 2 aliphatic rings. The number of fused-ring (bicyclic) bond motifs is 4. The van der Waals surface area contributed by atoms with Gasteiger partial charge >= 0.3 is 0 Å². The van der Waals surface area contributed by atoms with Gasteiger partial charge in [-0.1, -0.05) is 6.07 Å². The maximum atomic E-state index is 12.6. The Morgan fingerprint density at radius 1 is 1.41 bits per heavy atom. The summed E-state index contributed by atoms with van der Waals surface area (Å²) in [6.07, 6.45) is 5.96. The van der Waals surface area contributed by atoms with E-state index in [1.807, 2.05) is 42.7 Å². The molecule has 0 bridgehead atoms. The van der Waals surface area contributed by atoms with E-state index in [2.05, 4.69) is 15.6 Å². The molecule has 1 amide bonds. The number of carbonyl (C=O) groups is 1. The molecule has 0 N–H and O–H groups in total. The minimum Gasteiger partial charge on any atom is -0.332 e. The highest BCUT2D eigenvalue weighted by molar-refractivity contribution is 5.83. The van der Waals surface area contributed by atoms with Crippen molar-refractivity contribution >= 4 is 5.91 Å². The van der Waals surface area contributed by atoms with Crippen molar-refractivity contribution in [3.63, 3.8) is 0 Å². The topological polar surface area (TPSA) is 61.9 Å². The molecule has 110 valence electrons. The minimum atomic E-state index is -0.451. The summed E-state index contributed by atoms with van der Waals surface area (Å²) in [6, 6.07) is 7.88. The number of benzene rings is 1. The van der Waals surface area contributed by atoms with Gasteiger partial charge in [-0.15, -0.1) is 0 Å². The van der Waals surface area contributed by atoms with Crippen LogP contribution in [0, 0.1) is 11.3 Å². The molecule has 22 heavy (non-hydrogen) atoms. The number of hydrogen-bond donors (Lipinski definition) is 0. The highest BCUT2D eigenvalue weighted by Gasteiger charge is 2.48. The van der Waals surface area contributed by atoms with E-state index >= 15 is 0 Å². The van der Waals surface area contributed by atoms with Crippen molar-refractivity contribution in [1.29, 1.82) is 5.26 Å². The van der Waals surface area contributed by atoms with Crippen molar-refractivity contribution in [1.82, 2.24) is 14.5 Å². The molecule has 0 aliphatic carbocycles. The molecular formula is C17H16N4O. The van der Waals surface area contributed by atoms with Crippen LogP contribution in [0.15, 0.2) is 30.7 Å². The molecule has 0 saturated heterocycles. The maximum Gasteiger partial charge on any atom is 0.227 e. The fourth-order valence-corrected chi connectivity index (χ4v) is 3.98. The van der Waals surface area contributed by atoms with Crippen LogP contribution in [0.4, 0.5) is 0 Å². The number of likely N-dealkylation sites (N-methyl/N-ethyl adjacent to an activating group) is 1. The number of rotatable bonds is 0. The van der Waals surface area contributed by atoms with Gasteiger partial charge in [-0.05, 0) is 36.1 Å². The average Bonchev–Trinajstić information content (AvgIpc) is 3.02. The Labute approximate surface area is 128 Å². The van der Waals surface area contributed by atoms with Gasteiger partial charge in [0.25, 0.3) is 0 Å². The van der Waals surface area contributed by atoms with Gasteiger partial charge in [-0.2, -0.15) is 5.26 Å². The van der Waals surface area contributed by atoms with Gasteiger partial charge in [0.15, 0.2) is 0 Å². The van der Waals surface area contributed by atoms with E-state index in [4.69, 9.17) is 5.26 Å². The minimum absolute atomic E-state index is 0.0947. The summed E-state index contributed by atoms with van der Waals surface area (Å²) < 4.78 is 2.14. The third kappa shape index (κ3) is 1.52. The molecule has 0 saturated carbocycles. The van der Waals surface area contributed by atoms with Crippen LogP contribution in [-0.2, 0) is 23.3 Å². The molecule has 1 aromatic heterocycles. The van der Waals surface area contributed by atoms with E-state index in [0.717, 1.165) is 36.2 Å². The first-order valence-electron chi connectivity index (χ1n) is 7.47. The Morgan fingerprint density at radius 2 is 2.27 bits per heavy atom. The summed E-state index contributed by atoms with van der Waals surface area (Å²) in [5.41, 5.74) is 3.33.